The first kappa shape index (κ1) is 21.4. The third kappa shape index (κ3) is 4.63. The normalized spacial score (nSPS) is 11.0. The highest BCUT2D eigenvalue weighted by molar-refractivity contribution is 7.92. The van der Waals surface area contributed by atoms with Gasteiger partial charge in [-0.1, -0.05) is 30.3 Å². The zero-order valence-corrected chi connectivity index (χ0v) is 17.9. The summed E-state index contributed by atoms with van der Waals surface area (Å²) in [6.07, 6.45) is 0. The van der Waals surface area contributed by atoms with Gasteiger partial charge in [-0.25, -0.2) is 8.42 Å². The van der Waals surface area contributed by atoms with E-state index in [0.717, 1.165) is 15.4 Å². The summed E-state index contributed by atoms with van der Waals surface area (Å²) in [5.41, 5.74) is 2.91. The van der Waals surface area contributed by atoms with Crippen molar-refractivity contribution >= 4 is 21.6 Å². The number of anilines is 1. The van der Waals surface area contributed by atoms with Gasteiger partial charge in [0.1, 0.15) is 5.75 Å². The molecule has 0 aromatic heterocycles. The molecule has 3 aromatic carbocycles. The van der Waals surface area contributed by atoms with Crippen LogP contribution in [0.25, 0.3) is 0 Å². The minimum atomic E-state index is -3.77. The van der Waals surface area contributed by atoms with Crippen LogP contribution in [0, 0.1) is 6.92 Å². The topological polar surface area (TPSA) is 75.7 Å². The van der Waals surface area contributed by atoms with Crippen molar-refractivity contribution in [2.45, 2.75) is 18.4 Å². The number of nitrogens with one attached hydrogen (secondary N) is 1. The Morgan fingerprint density at radius 1 is 1.00 bits per heavy atom. The van der Waals surface area contributed by atoms with Gasteiger partial charge < -0.3 is 10.1 Å². The Hall–Kier alpha value is -3.32. The molecule has 0 aliphatic rings. The number of aryl methyl sites for hydroxylation is 1. The van der Waals surface area contributed by atoms with Crippen LogP contribution in [0.15, 0.2) is 77.7 Å². The molecule has 0 unspecified atom stereocenters. The largest absolute Gasteiger partial charge is 0.497 e. The van der Waals surface area contributed by atoms with Crippen LogP contribution in [0.3, 0.4) is 0 Å². The van der Waals surface area contributed by atoms with E-state index in [-0.39, 0.29) is 10.8 Å². The molecule has 0 bridgehead atoms. The summed E-state index contributed by atoms with van der Waals surface area (Å²) in [4.78, 5) is 12.7. The summed E-state index contributed by atoms with van der Waals surface area (Å²) in [5, 5.41) is 2.88. The Kier molecular flexibility index (Phi) is 6.42. The van der Waals surface area contributed by atoms with Crippen molar-refractivity contribution < 1.29 is 17.9 Å². The molecule has 0 atom stereocenters. The van der Waals surface area contributed by atoms with Gasteiger partial charge in [0.15, 0.2) is 0 Å². The summed E-state index contributed by atoms with van der Waals surface area (Å²) in [7, 11) is -0.793. The van der Waals surface area contributed by atoms with E-state index in [9.17, 15) is 13.2 Å². The number of ether oxygens (including phenoxy) is 1. The molecule has 3 rings (SSSR count). The molecule has 0 aliphatic carbocycles. The van der Waals surface area contributed by atoms with Crippen LogP contribution in [-0.4, -0.2) is 28.5 Å². The molecule has 0 spiro atoms. The molecule has 156 valence electrons. The Bertz CT molecular complexity index is 1140. The number of hydrogen-bond acceptors (Lipinski definition) is 4. The maximum Gasteiger partial charge on any atom is 0.264 e. The molecule has 1 N–H and O–H groups in total. The number of methoxy groups -OCH3 is 1. The Balaban J connectivity index is 1.78. The minimum Gasteiger partial charge on any atom is -0.497 e. The zero-order chi connectivity index (χ0) is 21.7. The number of benzene rings is 3. The number of carbonyl (C=O) groups excluding carboxylic acids is 1. The van der Waals surface area contributed by atoms with E-state index in [1.807, 2.05) is 31.2 Å². The first-order valence-corrected chi connectivity index (χ1v) is 10.8. The van der Waals surface area contributed by atoms with E-state index in [0.29, 0.717) is 23.5 Å². The lowest BCUT2D eigenvalue weighted by atomic mass is 10.1. The van der Waals surface area contributed by atoms with Crippen LogP contribution in [0.4, 0.5) is 5.69 Å². The van der Waals surface area contributed by atoms with Crippen LogP contribution in [0.2, 0.25) is 0 Å². The number of carbonyl (C=O) groups is 1. The first-order valence-electron chi connectivity index (χ1n) is 9.38. The first-order chi connectivity index (χ1) is 14.3. The van der Waals surface area contributed by atoms with E-state index in [1.54, 1.807) is 36.4 Å². The molecule has 1 amide bonds. The van der Waals surface area contributed by atoms with Crippen molar-refractivity contribution in [3.63, 3.8) is 0 Å². The van der Waals surface area contributed by atoms with Crippen LogP contribution in [0.1, 0.15) is 21.5 Å². The number of rotatable bonds is 7. The van der Waals surface area contributed by atoms with Crippen LogP contribution in [0.5, 0.6) is 5.75 Å². The summed E-state index contributed by atoms with van der Waals surface area (Å²) in [5.74, 6) is 0.305. The van der Waals surface area contributed by atoms with Gasteiger partial charge in [-0.3, -0.25) is 9.10 Å². The van der Waals surface area contributed by atoms with Crippen molar-refractivity contribution in [3.8, 4) is 5.75 Å². The molecule has 6 nitrogen and oxygen atoms in total. The van der Waals surface area contributed by atoms with Crippen molar-refractivity contribution in [2.24, 2.45) is 0 Å². The monoisotopic (exact) mass is 424 g/mol. The molecule has 0 saturated heterocycles. The second-order valence-corrected chi connectivity index (χ2v) is 8.78. The van der Waals surface area contributed by atoms with Crippen molar-refractivity contribution in [1.29, 1.82) is 0 Å². The third-order valence-corrected chi connectivity index (χ3v) is 6.69. The summed E-state index contributed by atoms with van der Waals surface area (Å²) in [6.45, 7) is 2.39. The van der Waals surface area contributed by atoms with Gasteiger partial charge in [0.2, 0.25) is 0 Å². The quantitative estimate of drug-likeness (QED) is 0.627. The predicted molar refractivity (Wildman–Crippen MR) is 117 cm³/mol. The molecule has 0 radical (unpaired) electrons. The lowest BCUT2D eigenvalue weighted by Gasteiger charge is -2.20. The van der Waals surface area contributed by atoms with Crippen molar-refractivity contribution in [1.82, 2.24) is 5.32 Å². The average molecular weight is 425 g/mol. The Morgan fingerprint density at radius 2 is 1.70 bits per heavy atom. The van der Waals surface area contributed by atoms with Crippen LogP contribution < -0.4 is 14.4 Å². The second-order valence-electron chi connectivity index (χ2n) is 6.81. The fourth-order valence-electron chi connectivity index (χ4n) is 2.97. The van der Waals surface area contributed by atoms with Gasteiger partial charge in [-0.15, -0.1) is 0 Å². The Labute approximate surface area is 177 Å². The molecule has 30 heavy (non-hydrogen) atoms. The van der Waals surface area contributed by atoms with Gasteiger partial charge in [-0.05, 0) is 60.5 Å². The molecule has 0 heterocycles. The standard InChI is InChI=1S/C23H24N2O4S/c1-17-7-4-5-8-19(17)16-24-23(26)18-9-6-10-20(15-18)25(2)30(27,28)22-13-11-21(29-3)12-14-22/h4-15H,16H2,1-3H3,(H,24,26). The van der Waals surface area contributed by atoms with E-state index in [2.05, 4.69) is 5.32 Å². The fourth-order valence-corrected chi connectivity index (χ4v) is 4.16. The molecule has 7 heteroatoms. The molecule has 0 fully saturated rings. The number of sulfonamides is 1. The average Bonchev–Trinajstić information content (AvgIpc) is 2.78. The van der Waals surface area contributed by atoms with Crippen LogP contribution >= 0.6 is 0 Å². The highest BCUT2D eigenvalue weighted by Crippen LogP contribution is 2.24. The second kappa shape index (κ2) is 9.00. The van der Waals surface area contributed by atoms with E-state index < -0.39 is 10.0 Å². The minimum absolute atomic E-state index is 0.139. The van der Waals surface area contributed by atoms with Gasteiger partial charge in [0.05, 0.1) is 17.7 Å². The zero-order valence-electron chi connectivity index (χ0n) is 17.1. The molecular formula is C23H24N2O4S. The SMILES string of the molecule is COc1ccc(S(=O)(=O)N(C)c2cccc(C(=O)NCc3ccccc3C)c2)cc1. The number of amides is 1. The Morgan fingerprint density at radius 3 is 2.37 bits per heavy atom. The lowest BCUT2D eigenvalue weighted by Crippen LogP contribution is -2.27. The molecule has 3 aromatic rings. The highest BCUT2D eigenvalue weighted by Gasteiger charge is 2.22. The molecular weight excluding hydrogens is 400 g/mol. The number of nitrogens with zero attached hydrogens (tertiary/aromatic N) is 1. The van der Waals surface area contributed by atoms with Gasteiger partial charge in [0, 0.05) is 19.2 Å². The third-order valence-electron chi connectivity index (χ3n) is 4.89. The van der Waals surface area contributed by atoms with E-state index in [1.165, 1.54) is 26.3 Å². The number of hydrogen-bond donors (Lipinski definition) is 1. The van der Waals surface area contributed by atoms with Crippen molar-refractivity contribution in [3.05, 3.63) is 89.5 Å². The van der Waals surface area contributed by atoms with Crippen molar-refractivity contribution in [2.75, 3.05) is 18.5 Å². The lowest BCUT2D eigenvalue weighted by molar-refractivity contribution is 0.0951. The van der Waals surface area contributed by atoms with E-state index >= 15 is 0 Å². The predicted octanol–water partition coefficient (Wildman–Crippen LogP) is 3.76. The summed E-state index contributed by atoms with van der Waals surface area (Å²) >= 11 is 0. The van der Waals surface area contributed by atoms with Gasteiger partial charge in [-0.2, -0.15) is 0 Å². The maximum absolute atomic E-state index is 12.9. The summed E-state index contributed by atoms with van der Waals surface area (Å²) in [6, 6.07) is 20.5. The smallest absolute Gasteiger partial charge is 0.264 e. The summed E-state index contributed by atoms with van der Waals surface area (Å²) < 4.78 is 32.1. The van der Waals surface area contributed by atoms with Gasteiger partial charge in [0.25, 0.3) is 15.9 Å². The highest BCUT2D eigenvalue weighted by atomic mass is 32.2. The van der Waals surface area contributed by atoms with Gasteiger partial charge >= 0.3 is 0 Å². The van der Waals surface area contributed by atoms with Crippen LogP contribution in [-0.2, 0) is 16.6 Å². The molecule has 0 aliphatic heterocycles. The van der Waals surface area contributed by atoms with E-state index in [4.69, 9.17) is 4.74 Å². The molecule has 0 saturated carbocycles. The maximum atomic E-state index is 12.9. The fraction of sp³-hybridized carbons (Fsp3) is 0.174.